The van der Waals surface area contributed by atoms with E-state index in [1.165, 1.54) is 36.2 Å². The van der Waals surface area contributed by atoms with Gasteiger partial charge in [0.25, 0.3) is 0 Å². The van der Waals surface area contributed by atoms with E-state index in [1.54, 1.807) is 18.2 Å². The van der Waals surface area contributed by atoms with Crippen LogP contribution in [0, 0.1) is 12.7 Å². The van der Waals surface area contributed by atoms with Gasteiger partial charge in [-0.2, -0.15) is 0 Å². The van der Waals surface area contributed by atoms with Gasteiger partial charge in [0.1, 0.15) is 12.4 Å². The first-order chi connectivity index (χ1) is 17.2. The third kappa shape index (κ3) is 5.69. The van der Waals surface area contributed by atoms with E-state index in [0.29, 0.717) is 33.4 Å². The number of aromatic nitrogens is 2. The number of hydrogen-bond donors (Lipinski definition) is 2. The first-order valence-corrected chi connectivity index (χ1v) is 11.6. The van der Waals surface area contributed by atoms with Crippen LogP contribution in [-0.4, -0.2) is 34.9 Å². The van der Waals surface area contributed by atoms with Gasteiger partial charge in [-0.25, -0.2) is 14.2 Å². The molecule has 0 aliphatic carbocycles. The summed E-state index contributed by atoms with van der Waals surface area (Å²) in [6, 6.07) is 11.5. The van der Waals surface area contributed by atoms with Crippen LogP contribution < -0.4 is 20.3 Å². The number of likely N-dealkylation sites (N-methyl/N-ethyl adjacent to an activating group) is 1. The van der Waals surface area contributed by atoms with Crippen LogP contribution in [0.2, 0.25) is 10.0 Å². The van der Waals surface area contributed by atoms with Gasteiger partial charge in [0.05, 0.1) is 22.9 Å². The molecule has 0 atom stereocenters. The molecule has 2 N–H and O–H groups in total. The lowest BCUT2D eigenvalue weighted by molar-refractivity contribution is -0.117. The Bertz CT molecular complexity index is 1430. The molecule has 2 heterocycles. The first-order valence-electron chi connectivity index (χ1n) is 10.8. The van der Waals surface area contributed by atoms with Gasteiger partial charge >= 0.3 is 6.03 Å². The lowest BCUT2D eigenvalue weighted by Crippen LogP contribution is -2.40. The molecule has 0 radical (unpaired) electrons. The quantitative estimate of drug-likeness (QED) is 0.333. The van der Waals surface area contributed by atoms with Crippen molar-refractivity contribution < 1.29 is 18.7 Å². The minimum Gasteiger partial charge on any atom is -0.485 e. The number of carbonyl (C=O) groups is 2. The number of nitrogens with one attached hydrogen (secondary N) is 2. The highest BCUT2D eigenvalue weighted by molar-refractivity contribution is 6.38. The molecular weight excluding hydrogens is 508 g/mol. The average molecular weight is 530 g/mol. The van der Waals surface area contributed by atoms with E-state index in [9.17, 15) is 14.0 Å². The van der Waals surface area contributed by atoms with Gasteiger partial charge in [-0.15, -0.1) is 0 Å². The van der Waals surface area contributed by atoms with Crippen molar-refractivity contribution >= 4 is 52.2 Å². The number of rotatable bonds is 7. The molecule has 4 aromatic rings. The number of ether oxygens (including phenoxy) is 1. The van der Waals surface area contributed by atoms with E-state index in [2.05, 4.69) is 15.6 Å². The zero-order valence-corrected chi connectivity index (χ0v) is 20.9. The van der Waals surface area contributed by atoms with Crippen molar-refractivity contribution in [1.82, 2.24) is 14.7 Å². The number of pyridine rings is 1. The number of amides is 3. The summed E-state index contributed by atoms with van der Waals surface area (Å²) in [6.45, 7) is 1.65. The minimum absolute atomic E-state index is 0.0530. The van der Waals surface area contributed by atoms with E-state index in [4.69, 9.17) is 27.9 Å². The van der Waals surface area contributed by atoms with Crippen LogP contribution in [0.1, 0.15) is 11.3 Å². The number of nitrogens with zero attached hydrogens (tertiary/aromatic N) is 3. The number of aryl methyl sites for hydroxylation is 1. The minimum atomic E-state index is -0.608. The maximum absolute atomic E-state index is 13.0. The smallest absolute Gasteiger partial charge is 0.319 e. The molecule has 0 bridgehead atoms. The molecule has 0 aliphatic rings. The van der Waals surface area contributed by atoms with Crippen molar-refractivity contribution in [2.45, 2.75) is 13.5 Å². The van der Waals surface area contributed by atoms with Crippen LogP contribution in [0.25, 0.3) is 5.65 Å². The van der Waals surface area contributed by atoms with Crippen LogP contribution in [0.15, 0.2) is 60.9 Å². The Labute approximate surface area is 216 Å². The Kier molecular flexibility index (Phi) is 7.61. The van der Waals surface area contributed by atoms with Crippen LogP contribution in [0.3, 0.4) is 0 Å². The van der Waals surface area contributed by atoms with Crippen LogP contribution in [-0.2, 0) is 11.4 Å². The molecule has 2 aromatic heterocycles. The Morgan fingerprint density at radius 3 is 2.64 bits per heavy atom. The number of anilines is 2. The fourth-order valence-electron chi connectivity index (χ4n) is 3.47. The molecule has 186 valence electrons. The second-order valence-electron chi connectivity index (χ2n) is 7.90. The lowest BCUT2D eigenvalue weighted by Gasteiger charge is -2.21. The zero-order valence-electron chi connectivity index (χ0n) is 19.4. The molecule has 11 heteroatoms. The highest BCUT2D eigenvalue weighted by Crippen LogP contribution is 2.35. The maximum Gasteiger partial charge on any atom is 0.319 e. The predicted molar refractivity (Wildman–Crippen MR) is 138 cm³/mol. The van der Waals surface area contributed by atoms with Crippen molar-refractivity contribution in [2.75, 3.05) is 23.8 Å². The Morgan fingerprint density at radius 1 is 1.14 bits per heavy atom. The summed E-state index contributed by atoms with van der Waals surface area (Å²) in [7, 11) is 1.54. The molecule has 0 aliphatic heterocycles. The number of benzene rings is 2. The summed E-state index contributed by atoms with van der Waals surface area (Å²) >= 11 is 13.0. The van der Waals surface area contributed by atoms with Gasteiger partial charge in [0, 0.05) is 35.7 Å². The molecule has 0 spiro atoms. The van der Waals surface area contributed by atoms with E-state index in [-0.39, 0.29) is 18.2 Å². The normalized spacial score (nSPS) is 10.8. The van der Waals surface area contributed by atoms with E-state index < -0.39 is 17.8 Å². The average Bonchev–Trinajstić information content (AvgIpc) is 3.24. The van der Waals surface area contributed by atoms with Crippen LogP contribution >= 0.6 is 23.2 Å². The van der Waals surface area contributed by atoms with E-state index in [1.807, 2.05) is 29.8 Å². The number of urea groups is 1. The topological polar surface area (TPSA) is 88.0 Å². The van der Waals surface area contributed by atoms with Crippen LogP contribution in [0.4, 0.5) is 20.6 Å². The molecule has 36 heavy (non-hydrogen) atoms. The Balaban J connectivity index is 1.42. The van der Waals surface area contributed by atoms with Crippen LogP contribution in [0.5, 0.6) is 5.75 Å². The maximum atomic E-state index is 13.0. The summed E-state index contributed by atoms with van der Waals surface area (Å²) in [5, 5.41) is 5.63. The second kappa shape index (κ2) is 10.8. The van der Waals surface area contributed by atoms with Crippen molar-refractivity contribution in [3.63, 3.8) is 0 Å². The monoisotopic (exact) mass is 529 g/mol. The third-order valence-corrected chi connectivity index (χ3v) is 6.12. The zero-order chi connectivity index (χ0) is 25.8. The highest BCUT2D eigenvalue weighted by Gasteiger charge is 2.19. The molecule has 8 nitrogen and oxygen atoms in total. The second-order valence-corrected chi connectivity index (χ2v) is 8.69. The fraction of sp³-hybridized carbons (Fsp3) is 0.160. The van der Waals surface area contributed by atoms with Crippen molar-refractivity contribution in [3.05, 3.63) is 88.0 Å². The summed E-state index contributed by atoms with van der Waals surface area (Å²) in [6.07, 6.45) is 3.76. The fourth-order valence-corrected chi connectivity index (χ4v) is 4.07. The highest BCUT2D eigenvalue weighted by atomic mass is 35.5. The van der Waals surface area contributed by atoms with Gasteiger partial charge in [-0.05, 0) is 55.5 Å². The summed E-state index contributed by atoms with van der Waals surface area (Å²) in [5.74, 6) is -0.280. The molecule has 0 unspecified atom stereocenters. The van der Waals surface area contributed by atoms with Gasteiger partial charge in [0.2, 0.25) is 5.91 Å². The number of fused-ring (bicyclic) bond motifs is 1. The number of imidazole rings is 1. The SMILES string of the molecule is Cc1cn2cccc(OCc3c(Cl)ccc(N(C)C(=O)CNC(=O)Nc4ccc(F)cc4)c3Cl)c2n1. The molecule has 4 rings (SSSR count). The van der Waals surface area contributed by atoms with E-state index in [0.717, 1.165) is 5.69 Å². The van der Waals surface area contributed by atoms with Gasteiger partial charge in [-0.3, -0.25) is 4.79 Å². The third-order valence-electron chi connectivity index (χ3n) is 5.34. The van der Waals surface area contributed by atoms with Gasteiger partial charge < -0.3 is 24.7 Å². The molecule has 0 saturated carbocycles. The standard InChI is InChI=1S/C25H22Cl2FN5O3/c1-15-13-33-11-3-4-21(24(33)30-15)36-14-18-19(26)9-10-20(23(18)27)32(2)22(34)12-29-25(35)31-17-7-5-16(28)6-8-17/h3-11,13H,12,14H2,1-2H3,(H2,29,31,35). The predicted octanol–water partition coefficient (Wildman–Crippen LogP) is 5.45. The Hall–Kier alpha value is -3.82. The van der Waals surface area contributed by atoms with E-state index >= 15 is 0 Å². The van der Waals surface area contributed by atoms with Crippen molar-refractivity contribution in [2.24, 2.45) is 0 Å². The number of halogens is 3. The molecule has 2 aromatic carbocycles. The first kappa shape index (κ1) is 25.3. The van der Waals surface area contributed by atoms with Crippen molar-refractivity contribution in [1.29, 1.82) is 0 Å². The molecular formula is C25H22Cl2FN5O3. The van der Waals surface area contributed by atoms with Crippen molar-refractivity contribution in [3.8, 4) is 5.75 Å². The summed E-state index contributed by atoms with van der Waals surface area (Å²) in [4.78, 5) is 30.6. The number of hydrogen-bond acceptors (Lipinski definition) is 4. The largest absolute Gasteiger partial charge is 0.485 e. The summed E-state index contributed by atoms with van der Waals surface area (Å²) < 4.78 is 20.8. The molecule has 0 saturated heterocycles. The summed E-state index contributed by atoms with van der Waals surface area (Å²) in [5.41, 5.74) is 2.81. The molecule has 3 amide bonds. The number of carbonyl (C=O) groups excluding carboxylic acids is 2. The van der Waals surface area contributed by atoms with Gasteiger partial charge in [-0.1, -0.05) is 23.2 Å². The lowest BCUT2D eigenvalue weighted by atomic mass is 10.2. The molecule has 0 fully saturated rings. The van der Waals surface area contributed by atoms with Gasteiger partial charge in [0.15, 0.2) is 11.4 Å². The Morgan fingerprint density at radius 2 is 1.89 bits per heavy atom.